The summed E-state index contributed by atoms with van der Waals surface area (Å²) in [6.45, 7) is 2.49. The number of nitrogens with zero attached hydrogens (tertiary/aromatic N) is 4. The van der Waals surface area contributed by atoms with E-state index in [0.717, 1.165) is 17.1 Å². The molecule has 1 aliphatic rings. The zero-order valence-electron chi connectivity index (χ0n) is 13.2. The van der Waals surface area contributed by atoms with Gasteiger partial charge in [-0.3, -0.25) is 4.79 Å². The van der Waals surface area contributed by atoms with Gasteiger partial charge in [-0.2, -0.15) is 0 Å². The van der Waals surface area contributed by atoms with Crippen molar-refractivity contribution in [1.82, 2.24) is 15.0 Å². The molecule has 1 atom stereocenters. The van der Waals surface area contributed by atoms with Crippen molar-refractivity contribution in [3.8, 4) is 11.4 Å². The van der Waals surface area contributed by atoms with Crippen LogP contribution < -0.4 is 9.64 Å². The van der Waals surface area contributed by atoms with E-state index in [0.29, 0.717) is 12.1 Å². The highest BCUT2D eigenvalue weighted by atomic mass is 16.5. The van der Waals surface area contributed by atoms with Gasteiger partial charge in [0.1, 0.15) is 11.9 Å². The Hall–Kier alpha value is -3.15. The number of carbonyl (C=O) groups excluding carboxylic acids is 1. The van der Waals surface area contributed by atoms with Gasteiger partial charge in [-0.15, -0.1) is 5.10 Å². The summed E-state index contributed by atoms with van der Waals surface area (Å²) >= 11 is 0. The molecule has 4 rings (SSSR count). The molecule has 6 nitrogen and oxygen atoms in total. The lowest BCUT2D eigenvalue weighted by molar-refractivity contribution is 0.0961. The van der Waals surface area contributed by atoms with E-state index in [2.05, 4.69) is 10.3 Å². The number of benzene rings is 2. The molecule has 2 aromatic carbocycles. The Balaban J connectivity index is 1.64. The van der Waals surface area contributed by atoms with E-state index in [1.54, 1.807) is 22.0 Å². The number of para-hydroxylation sites is 2. The number of anilines is 1. The highest BCUT2D eigenvalue weighted by Crippen LogP contribution is 2.33. The van der Waals surface area contributed by atoms with Gasteiger partial charge in [-0.25, -0.2) is 4.68 Å². The van der Waals surface area contributed by atoms with Crippen LogP contribution in [-0.4, -0.2) is 33.5 Å². The first-order valence-electron chi connectivity index (χ1n) is 7.77. The minimum absolute atomic E-state index is 0.0391. The fraction of sp³-hybridized carbons (Fsp3) is 0.167. The van der Waals surface area contributed by atoms with Crippen molar-refractivity contribution < 1.29 is 9.53 Å². The molecule has 2 heterocycles. The molecule has 0 spiro atoms. The second-order valence-corrected chi connectivity index (χ2v) is 5.71. The van der Waals surface area contributed by atoms with Crippen molar-refractivity contribution >= 4 is 11.6 Å². The summed E-state index contributed by atoms with van der Waals surface area (Å²) in [5, 5.41) is 7.73. The molecule has 0 fully saturated rings. The molecule has 0 N–H and O–H groups in total. The smallest absolute Gasteiger partial charge is 0.258 e. The van der Waals surface area contributed by atoms with Crippen molar-refractivity contribution in [2.45, 2.75) is 13.0 Å². The van der Waals surface area contributed by atoms with Gasteiger partial charge >= 0.3 is 0 Å². The first-order valence-corrected chi connectivity index (χ1v) is 7.77. The predicted molar refractivity (Wildman–Crippen MR) is 89.6 cm³/mol. The molecule has 1 aliphatic heterocycles. The predicted octanol–water partition coefficient (Wildman–Crippen LogP) is 2.70. The zero-order chi connectivity index (χ0) is 16.5. The lowest BCUT2D eigenvalue weighted by Gasteiger charge is -2.33. The van der Waals surface area contributed by atoms with Crippen LogP contribution in [0.4, 0.5) is 5.69 Å². The summed E-state index contributed by atoms with van der Waals surface area (Å²) < 4.78 is 7.46. The first kappa shape index (κ1) is 14.4. The van der Waals surface area contributed by atoms with Gasteiger partial charge in [0, 0.05) is 5.56 Å². The minimum Gasteiger partial charge on any atom is -0.487 e. The SMILES string of the molecule is C[C@@H]1CN(C(=O)c2ccc(-n3ccnn3)cc2)c2ccccc2O1. The van der Waals surface area contributed by atoms with Crippen molar-refractivity contribution in [2.75, 3.05) is 11.4 Å². The molecule has 0 aliphatic carbocycles. The van der Waals surface area contributed by atoms with Crippen molar-refractivity contribution in [3.05, 3.63) is 66.5 Å². The van der Waals surface area contributed by atoms with Crippen LogP contribution in [0.25, 0.3) is 5.69 Å². The van der Waals surface area contributed by atoms with E-state index >= 15 is 0 Å². The van der Waals surface area contributed by atoms with E-state index in [9.17, 15) is 4.79 Å². The van der Waals surface area contributed by atoms with Gasteiger partial charge < -0.3 is 9.64 Å². The highest BCUT2D eigenvalue weighted by Gasteiger charge is 2.27. The molecular weight excluding hydrogens is 304 g/mol. The molecule has 24 heavy (non-hydrogen) atoms. The fourth-order valence-electron chi connectivity index (χ4n) is 2.84. The second-order valence-electron chi connectivity index (χ2n) is 5.71. The maximum Gasteiger partial charge on any atom is 0.258 e. The van der Waals surface area contributed by atoms with Gasteiger partial charge in [0.15, 0.2) is 0 Å². The average molecular weight is 320 g/mol. The van der Waals surface area contributed by atoms with Crippen LogP contribution in [0.1, 0.15) is 17.3 Å². The van der Waals surface area contributed by atoms with E-state index in [4.69, 9.17) is 4.74 Å². The quantitative estimate of drug-likeness (QED) is 0.728. The van der Waals surface area contributed by atoms with Crippen LogP contribution >= 0.6 is 0 Å². The number of hydrogen-bond acceptors (Lipinski definition) is 4. The van der Waals surface area contributed by atoms with Gasteiger partial charge in [-0.1, -0.05) is 17.3 Å². The summed E-state index contributed by atoms with van der Waals surface area (Å²) in [5.41, 5.74) is 2.29. The molecule has 120 valence electrons. The molecule has 0 unspecified atom stereocenters. The number of fused-ring (bicyclic) bond motifs is 1. The van der Waals surface area contributed by atoms with Crippen LogP contribution in [0, 0.1) is 0 Å². The molecule has 0 saturated heterocycles. The van der Waals surface area contributed by atoms with Crippen LogP contribution in [-0.2, 0) is 0 Å². The molecule has 0 saturated carbocycles. The van der Waals surface area contributed by atoms with Crippen LogP contribution in [0.5, 0.6) is 5.75 Å². The number of aromatic nitrogens is 3. The van der Waals surface area contributed by atoms with Gasteiger partial charge in [0.2, 0.25) is 0 Å². The number of hydrogen-bond donors (Lipinski definition) is 0. The van der Waals surface area contributed by atoms with E-state index in [-0.39, 0.29) is 12.0 Å². The van der Waals surface area contributed by atoms with E-state index in [1.807, 2.05) is 55.5 Å². The van der Waals surface area contributed by atoms with Crippen molar-refractivity contribution in [2.24, 2.45) is 0 Å². The van der Waals surface area contributed by atoms with E-state index < -0.39 is 0 Å². The third-order valence-electron chi connectivity index (χ3n) is 3.97. The molecule has 6 heteroatoms. The van der Waals surface area contributed by atoms with Gasteiger partial charge in [0.25, 0.3) is 5.91 Å². The third-order valence-corrected chi connectivity index (χ3v) is 3.97. The third kappa shape index (κ3) is 2.52. The topological polar surface area (TPSA) is 60.2 Å². The number of amides is 1. The minimum atomic E-state index is -0.0433. The summed E-state index contributed by atoms with van der Waals surface area (Å²) in [6, 6.07) is 14.9. The molecule has 3 aromatic rings. The highest BCUT2D eigenvalue weighted by molar-refractivity contribution is 6.07. The monoisotopic (exact) mass is 320 g/mol. The zero-order valence-corrected chi connectivity index (χ0v) is 13.2. The lowest BCUT2D eigenvalue weighted by atomic mass is 10.1. The largest absolute Gasteiger partial charge is 0.487 e. The first-order chi connectivity index (χ1) is 11.7. The van der Waals surface area contributed by atoms with Crippen LogP contribution in [0.3, 0.4) is 0 Å². The Labute approximate surface area is 139 Å². The maximum absolute atomic E-state index is 12.9. The lowest BCUT2D eigenvalue weighted by Crippen LogP contribution is -2.42. The molecule has 1 aromatic heterocycles. The van der Waals surface area contributed by atoms with E-state index in [1.165, 1.54) is 0 Å². The number of rotatable bonds is 2. The van der Waals surface area contributed by atoms with Crippen LogP contribution in [0.15, 0.2) is 60.9 Å². The number of ether oxygens (including phenoxy) is 1. The Bertz CT molecular complexity index is 859. The Kier molecular flexibility index (Phi) is 3.49. The van der Waals surface area contributed by atoms with Crippen molar-refractivity contribution in [1.29, 1.82) is 0 Å². The summed E-state index contributed by atoms with van der Waals surface area (Å²) in [4.78, 5) is 14.7. The van der Waals surface area contributed by atoms with Gasteiger partial charge in [-0.05, 0) is 43.3 Å². The van der Waals surface area contributed by atoms with Crippen molar-refractivity contribution in [3.63, 3.8) is 0 Å². The average Bonchev–Trinajstić information content (AvgIpc) is 3.15. The Morgan fingerprint density at radius 1 is 1.17 bits per heavy atom. The maximum atomic E-state index is 12.9. The fourth-order valence-corrected chi connectivity index (χ4v) is 2.84. The van der Waals surface area contributed by atoms with Gasteiger partial charge in [0.05, 0.1) is 30.3 Å². The Morgan fingerprint density at radius 2 is 1.96 bits per heavy atom. The van der Waals surface area contributed by atoms with Crippen LogP contribution in [0.2, 0.25) is 0 Å². The normalized spacial score (nSPS) is 16.4. The summed E-state index contributed by atoms with van der Waals surface area (Å²) in [7, 11) is 0. The number of carbonyl (C=O) groups is 1. The molecule has 0 radical (unpaired) electrons. The summed E-state index contributed by atoms with van der Waals surface area (Å²) in [5.74, 6) is 0.701. The standard InChI is InChI=1S/C18H16N4O2/c1-13-12-21(16-4-2-3-5-17(16)24-13)18(23)14-6-8-15(9-7-14)22-11-10-19-20-22/h2-11,13H,12H2,1H3/t13-/m1/s1. The molecule has 0 bridgehead atoms. The Morgan fingerprint density at radius 3 is 2.71 bits per heavy atom. The second kappa shape index (κ2) is 5.81. The molecular formula is C18H16N4O2. The molecule has 1 amide bonds. The summed E-state index contributed by atoms with van der Waals surface area (Å²) in [6.07, 6.45) is 3.33.